The van der Waals surface area contributed by atoms with Crippen molar-refractivity contribution in [1.29, 1.82) is 0 Å². The number of nitrogens with zero attached hydrogens (tertiary/aromatic N) is 3. The quantitative estimate of drug-likeness (QED) is 0.732. The monoisotopic (exact) mass is 229 g/mol. The van der Waals surface area contributed by atoms with Crippen LogP contribution in [0.15, 0.2) is 30.9 Å². The molecule has 0 amide bonds. The summed E-state index contributed by atoms with van der Waals surface area (Å²) in [5.41, 5.74) is 2.01. The van der Waals surface area contributed by atoms with Crippen molar-refractivity contribution in [2.45, 2.75) is 6.92 Å². The van der Waals surface area contributed by atoms with E-state index in [0.29, 0.717) is 11.4 Å². The zero-order chi connectivity index (χ0) is 12.3. The van der Waals surface area contributed by atoms with Crippen molar-refractivity contribution >= 4 is 5.97 Å². The highest BCUT2D eigenvalue weighted by Crippen LogP contribution is 2.17. The van der Waals surface area contributed by atoms with Crippen molar-refractivity contribution in [3.8, 4) is 11.1 Å². The number of esters is 1. The molecule has 17 heavy (non-hydrogen) atoms. The highest BCUT2D eigenvalue weighted by Gasteiger charge is 2.07. The number of aryl methyl sites for hydroxylation is 1. The van der Waals surface area contributed by atoms with Gasteiger partial charge in [-0.15, -0.1) is 0 Å². The summed E-state index contributed by atoms with van der Waals surface area (Å²) in [5, 5.41) is 0. The first-order chi connectivity index (χ1) is 8.20. The van der Waals surface area contributed by atoms with Gasteiger partial charge in [0.15, 0.2) is 0 Å². The number of carbonyl (C=O) groups is 1. The number of hydrogen-bond acceptors (Lipinski definition) is 5. The smallest absolute Gasteiger partial charge is 0.339 e. The van der Waals surface area contributed by atoms with E-state index >= 15 is 0 Å². The van der Waals surface area contributed by atoms with E-state index in [1.165, 1.54) is 13.3 Å². The standard InChI is InChI=1S/C12H11N3O2/c1-8-14-6-11(7-15-8)9-3-10(5-13-4-9)12(16)17-2/h3-7H,1-2H3. The molecule has 2 aromatic rings. The fraction of sp³-hybridized carbons (Fsp3) is 0.167. The highest BCUT2D eigenvalue weighted by atomic mass is 16.5. The summed E-state index contributed by atoms with van der Waals surface area (Å²) < 4.78 is 4.64. The summed E-state index contributed by atoms with van der Waals surface area (Å²) in [6, 6.07) is 1.70. The lowest BCUT2D eigenvalue weighted by atomic mass is 10.1. The Kier molecular flexibility index (Phi) is 3.09. The zero-order valence-electron chi connectivity index (χ0n) is 9.54. The minimum Gasteiger partial charge on any atom is -0.465 e. The molecule has 0 radical (unpaired) electrons. The molecule has 0 aromatic carbocycles. The Hall–Kier alpha value is -2.30. The molecule has 2 aromatic heterocycles. The SMILES string of the molecule is COC(=O)c1cncc(-c2cnc(C)nc2)c1. The van der Waals surface area contributed by atoms with Crippen LogP contribution in [-0.2, 0) is 4.74 Å². The van der Waals surface area contributed by atoms with Gasteiger partial charge in [0.25, 0.3) is 0 Å². The van der Waals surface area contributed by atoms with Gasteiger partial charge in [-0.1, -0.05) is 0 Å². The number of rotatable bonds is 2. The number of ether oxygens (including phenoxy) is 1. The molecule has 5 heteroatoms. The van der Waals surface area contributed by atoms with Crippen molar-refractivity contribution < 1.29 is 9.53 Å². The van der Waals surface area contributed by atoms with Crippen molar-refractivity contribution in [1.82, 2.24) is 15.0 Å². The first-order valence-electron chi connectivity index (χ1n) is 5.03. The molecule has 0 atom stereocenters. The predicted molar refractivity (Wildman–Crippen MR) is 61.3 cm³/mol. The number of pyridine rings is 1. The summed E-state index contributed by atoms with van der Waals surface area (Å²) in [6.07, 6.45) is 6.51. The summed E-state index contributed by atoms with van der Waals surface area (Å²) in [7, 11) is 1.34. The fourth-order valence-electron chi connectivity index (χ4n) is 1.37. The minimum absolute atomic E-state index is 0.408. The maximum atomic E-state index is 11.4. The van der Waals surface area contributed by atoms with Gasteiger partial charge in [-0.05, 0) is 13.0 Å². The molecule has 5 nitrogen and oxygen atoms in total. The van der Waals surface area contributed by atoms with Crippen LogP contribution in [0.5, 0.6) is 0 Å². The molecule has 0 saturated carbocycles. The molecule has 0 aliphatic heterocycles. The first-order valence-corrected chi connectivity index (χ1v) is 5.03. The van der Waals surface area contributed by atoms with Crippen molar-refractivity contribution in [2.24, 2.45) is 0 Å². The average molecular weight is 229 g/mol. The Morgan fingerprint density at radius 2 is 1.82 bits per heavy atom. The third-order valence-electron chi connectivity index (χ3n) is 2.27. The van der Waals surface area contributed by atoms with Crippen LogP contribution in [-0.4, -0.2) is 28.0 Å². The lowest BCUT2D eigenvalue weighted by Crippen LogP contribution is -2.02. The van der Waals surface area contributed by atoms with Gasteiger partial charge in [0.05, 0.1) is 12.7 Å². The van der Waals surface area contributed by atoms with E-state index in [-0.39, 0.29) is 0 Å². The molecular formula is C12H11N3O2. The van der Waals surface area contributed by atoms with E-state index < -0.39 is 5.97 Å². The molecule has 0 fully saturated rings. The molecule has 0 spiro atoms. The predicted octanol–water partition coefficient (Wildman–Crippen LogP) is 1.63. The van der Waals surface area contributed by atoms with Gasteiger partial charge in [-0.3, -0.25) is 4.98 Å². The molecule has 0 N–H and O–H groups in total. The fourth-order valence-corrected chi connectivity index (χ4v) is 1.37. The molecule has 0 aliphatic carbocycles. The van der Waals surface area contributed by atoms with Gasteiger partial charge in [0.2, 0.25) is 0 Å². The second-order valence-corrected chi connectivity index (χ2v) is 3.47. The Morgan fingerprint density at radius 3 is 2.47 bits per heavy atom. The molecule has 2 heterocycles. The topological polar surface area (TPSA) is 65.0 Å². The Bertz CT molecular complexity index is 538. The van der Waals surface area contributed by atoms with E-state index in [9.17, 15) is 4.79 Å². The van der Waals surface area contributed by atoms with Crippen molar-refractivity contribution in [3.05, 3.63) is 42.2 Å². The third kappa shape index (κ3) is 2.44. The second-order valence-electron chi connectivity index (χ2n) is 3.47. The van der Waals surface area contributed by atoms with Crippen LogP contribution in [0.1, 0.15) is 16.2 Å². The summed E-state index contributed by atoms with van der Waals surface area (Å²) in [6.45, 7) is 1.81. The average Bonchev–Trinajstić information content (AvgIpc) is 2.39. The van der Waals surface area contributed by atoms with E-state index in [1.807, 2.05) is 6.92 Å². The molecule has 0 aliphatic rings. The van der Waals surface area contributed by atoms with Crippen LogP contribution in [0.4, 0.5) is 0 Å². The van der Waals surface area contributed by atoms with Crippen LogP contribution in [0.2, 0.25) is 0 Å². The largest absolute Gasteiger partial charge is 0.465 e. The van der Waals surface area contributed by atoms with E-state index in [2.05, 4.69) is 19.7 Å². The van der Waals surface area contributed by atoms with Crippen molar-refractivity contribution in [3.63, 3.8) is 0 Å². The Labute approximate surface area is 98.5 Å². The lowest BCUT2D eigenvalue weighted by molar-refractivity contribution is 0.0600. The molecule has 0 unspecified atom stereocenters. The summed E-state index contributed by atoms with van der Waals surface area (Å²) >= 11 is 0. The van der Waals surface area contributed by atoms with E-state index in [4.69, 9.17) is 0 Å². The number of methoxy groups -OCH3 is 1. The summed E-state index contributed by atoms with van der Waals surface area (Å²) in [5.74, 6) is 0.290. The zero-order valence-corrected chi connectivity index (χ0v) is 9.54. The second kappa shape index (κ2) is 4.69. The highest BCUT2D eigenvalue weighted by molar-refractivity contribution is 5.90. The van der Waals surface area contributed by atoms with Crippen LogP contribution in [0.3, 0.4) is 0 Å². The van der Waals surface area contributed by atoms with E-state index in [0.717, 1.165) is 11.1 Å². The molecule has 86 valence electrons. The maximum Gasteiger partial charge on any atom is 0.339 e. The molecule has 0 saturated heterocycles. The molecule has 2 rings (SSSR count). The molecule has 0 bridgehead atoms. The van der Waals surface area contributed by atoms with Crippen LogP contribution >= 0.6 is 0 Å². The van der Waals surface area contributed by atoms with Crippen LogP contribution in [0.25, 0.3) is 11.1 Å². The Morgan fingerprint density at radius 1 is 1.12 bits per heavy atom. The van der Waals surface area contributed by atoms with Gasteiger partial charge in [0.1, 0.15) is 5.82 Å². The molecular weight excluding hydrogens is 218 g/mol. The number of carbonyl (C=O) groups excluding carboxylic acids is 1. The number of hydrogen-bond donors (Lipinski definition) is 0. The van der Waals surface area contributed by atoms with Crippen LogP contribution < -0.4 is 0 Å². The van der Waals surface area contributed by atoms with E-state index in [1.54, 1.807) is 24.7 Å². The normalized spacial score (nSPS) is 10.0. The lowest BCUT2D eigenvalue weighted by Gasteiger charge is -2.03. The van der Waals surface area contributed by atoms with Gasteiger partial charge in [-0.2, -0.15) is 0 Å². The van der Waals surface area contributed by atoms with Crippen molar-refractivity contribution in [2.75, 3.05) is 7.11 Å². The Balaban J connectivity index is 2.39. The summed E-state index contributed by atoms with van der Waals surface area (Å²) in [4.78, 5) is 23.5. The van der Waals surface area contributed by atoms with Gasteiger partial charge < -0.3 is 4.74 Å². The van der Waals surface area contributed by atoms with Gasteiger partial charge in [-0.25, -0.2) is 14.8 Å². The maximum absolute atomic E-state index is 11.4. The van der Waals surface area contributed by atoms with Gasteiger partial charge >= 0.3 is 5.97 Å². The van der Waals surface area contributed by atoms with Crippen LogP contribution in [0, 0.1) is 6.92 Å². The minimum atomic E-state index is -0.410. The first kappa shape index (κ1) is 11.2. The number of aromatic nitrogens is 3. The third-order valence-corrected chi connectivity index (χ3v) is 2.27. The van der Waals surface area contributed by atoms with Gasteiger partial charge in [0, 0.05) is 35.9 Å².